The molecule has 1 N–H and O–H groups in total. The predicted molar refractivity (Wildman–Crippen MR) is 112 cm³/mol. The lowest BCUT2D eigenvalue weighted by molar-refractivity contribution is 0.0951. The average molecular weight is 446 g/mol. The number of amides is 1. The summed E-state index contributed by atoms with van der Waals surface area (Å²) in [5, 5.41) is 7.06. The number of carbonyl (C=O) groups is 1. The van der Waals surface area contributed by atoms with Gasteiger partial charge < -0.3 is 5.32 Å². The number of hydrogen-bond acceptors (Lipinski definition) is 5. The van der Waals surface area contributed by atoms with Gasteiger partial charge in [0.25, 0.3) is 5.91 Å². The number of rotatable bonds is 6. The molecule has 1 saturated heterocycles. The SMILES string of the molecule is O=C(NCc1ccc(-n2cncn2)cc1)c1cc(S(=O)(=O)N2CCCC2)ccc1Cl. The van der Waals surface area contributed by atoms with E-state index in [4.69, 9.17) is 11.6 Å². The van der Waals surface area contributed by atoms with Crippen LogP contribution >= 0.6 is 11.6 Å². The second-order valence-electron chi connectivity index (χ2n) is 6.94. The number of nitrogens with zero attached hydrogens (tertiary/aromatic N) is 4. The molecule has 0 spiro atoms. The summed E-state index contributed by atoms with van der Waals surface area (Å²) in [6.07, 6.45) is 4.74. The van der Waals surface area contributed by atoms with Crippen molar-refractivity contribution in [2.45, 2.75) is 24.3 Å². The molecule has 2 heterocycles. The van der Waals surface area contributed by atoms with Crippen LogP contribution in [0.1, 0.15) is 28.8 Å². The van der Waals surface area contributed by atoms with Crippen LogP contribution in [-0.2, 0) is 16.6 Å². The molecule has 0 bridgehead atoms. The van der Waals surface area contributed by atoms with Crippen molar-refractivity contribution in [3.63, 3.8) is 0 Å². The van der Waals surface area contributed by atoms with E-state index in [0.29, 0.717) is 13.1 Å². The summed E-state index contributed by atoms with van der Waals surface area (Å²) < 4.78 is 28.6. The number of sulfonamides is 1. The molecule has 156 valence electrons. The van der Waals surface area contributed by atoms with Gasteiger partial charge >= 0.3 is 0 Å². The summed E-state index contributed by atoms with van der Waals surface area (Å²) in [6.45, 7) is 1.27. The molecule has 1 amide bonds. The zero-order valence-electron chi connectivity index (χ0n) is 16.0. The summed E-state index contributed by atoms with van der Waals surface area (Å²) in [7, 11) is -3.62. The predicted octanol–water partition coefficient (Wildman–Crippen LogP) is 2.64. The fourth-order valence-electron chi connectivity index (χ4n) is 3.30. The van der Waals surface area contributed by atoms with Crippen molar-refractivity contribution in [2.24, 2.45) is 0 Å². The molecule has 1 aliphatic heterocycles. The highest BCUT2D eigenvalue weighted by molar-refractivity contribution is 7.89. The fourth-order valence-corrected chi connectivity index (χ4v) is 5.05. The van der Waals surface area contributed by atoms with Crippen molar-refractivity contribution in [1.29, 1.82) is 0 Å². The van der Waals surface area contributed by atoms with E-state index in [1.807, 2.05) is 24.3 Å². The zero-order chi connectivity index (χ0) is 21.1. The molecule has 3 aromatic rings. The molecule has 30 heavy (non-hydrogen) atoms. The highest BCUT2D eigenvalue weighted by Crippen LogP contribution is 2.25. The van der Waals surface area contributed by atoms with Crippen LogP contribution in [0.2, 0.25) is 5.02 Å². The number of aromatic nitrogens is 3. The molecule has 8 nitrogen and oxygen atoms in total. The molecule has 0 saturated carbocycles. The van der Waals surface area contributed by atoms with E-state index in [9.17, 15) is 13.2 Å². The van der Waals surface area contributed by atoms with Gasteiger partial charge in [-0.25, -0.2) is 18.1 Å². The maximum Gasteiger partial charge on any atom is 0.253 e. The first kappa shape index (κ1) is 20.5. The van der Waals surface area contributed by atoms with Crippen LogP contribution < -0.4 is 5.32 Å². The molecule has 4 rings (SSSR count). The van der Waals surface area contributed by atoms with Crippen molar-refractivity contribution in [2.75, 3.05) is 13.1 Å². The molecular formula is C20H20ClN5O3S. The Morgan fingerprint density at radius 3 is 2.50 bits per heavy atom. The third-order valence-electron chi connectivity index (χ3n) is 4.96. The first-order chi connectivity index (χ1) is 14.4. The van der Waals surface area contributed by atoms with Crippen molar-refractivity contribution < 1.29 is 13.2 Å². The lowest BCUT2D eigenvalue weighted by Crippen LogP contribution is -2.28. The van der Waals surface area contributed by atoms with Crippen LogP contribution in [0.15, 0.2) is 60.0 Å². The highest BCUT2D eigenvalue weighted by Gasteiger charge is 2.28. The van der Waals surface area contributed by atoms with Crippen molar-refractivity contribution in [3.8, 4) is 5.69 Å². The van der Waals surface area contributed by atoms with Gasteiger partial charge in [-0.1, -0.05) is 23.7 Å². The second-order valence-corrected chi connectivity index (χ2v) is 9.29. The normalized spacial score (nSPS) is 14.7. The molecule has 10 heteroatoms. The largest absolute Gasteiger partial charge is 0.348 e. The zero-order valence-corrected chi connectivity index (χ0v) is 17.6. The van der Waals surface area contributed by atoms with Gasteiger partial charge in [-0.2, -0.15) is 9.40 Å². The first-order valence-electron chi connectivity index (χ1n) is 9.47. The van der Waals surface area contributed by atoms with E-state index in [0.717, 1.165) is 24.1 Å². The number of hydrogen-bond donors (Lipinski definition) is 1. The van der Waals surface area contributed by atoms with Crippen LogP contribution in [0.3, 0.4) is 0 Å². The Hall–Kier alpha value is -2.75. The molecule has 1 fully saturated rings. The number of halogens is 1. The lowest BCUT2D eigenvalue weighted by atomic mass is 10.2. The van der Waals surface area contributed by atoms with Gasteiger partial charge in [0.15, 0.2) is 0 Å². The fraction of sp³-hybridized carbons (Fsp3) is 0.250. The van der Waals surface area contributed by atoms with Gasteiger partial charge in [-0.3, -0.25) is 4.79 Å². The molecule has 2 aromatic carbocycles. The van der Waals surface area contributed by atoms with Crippen LogP contribution in [0, 0.1) is 0 Å². The van der Waals surface area contributed by atoms with E-state index in [-0.39, 0.29) is 22.0 Å². The van der Waals surface area contributed by atoms with Crippen LogP contribution in [0.4, 0.5) is 0 Å². The average Bonchev–Trinajstić information content (AvgIpc) is 3.47. The Kier molecular flexibility index (Phi) is 5.85. The van der Waals surface area contributed by atoms with Gasteiger partial charge in [-0.15, -0.1) is 0 Å². The molecule has 1 aliphatic rings. The number of benzene rings is 2. The Morgan fingerprint density at radius 1 is 1.10 bits per heavy atom. The molecular weight excluding hydrogens is 426 g/mol. The van der Waals surface area contributed by atoms with E-state index in [1.165, 1.54) is 28.8 Å². The summed E-state index contributed by atoms with van der Waals surface area (Å²) in [4.78, 5) is 16.7. The van der Waals surface area contributed by atoms with Crippen molar-refractivity contribution in [1.82, 2.24) is 24.4 Å². The number of nitrogens with one attached hydrogen (secondary N) is 1. The molecule has 0 radical (unpaired) electrons. The lowest BCUT2D eigenvalue weighted by Gasteiger charge is -2.16. The molecule has 0 unspecified atom stereocenters. The van der Waals surface area contributed by atoms with Gasteiger partial charge in [0.05, 0.1) is 21.2 Å². The van der Waals surface area contributed by atoms with E-state index < -0.39 is 15.9 Å². The Morgan fingerprint density at radius 2 is 1.83 bits per heavy atom. The Balaban J connectivity index is 1.47. The molecule has 1 aromatic heterocycles. The van der Waals surface area contributed by atoms with Crippen molar-refractivity contribution in [3.05, 3.63) is 71.3 Å². The van der Waals surface area contributed by atoms with Crippen LogP contribution in [0.25, 0.3) is 5.69 Å². The summed E-state index contributed by atoms with van der Waals surface area (Å²) in [5.41, 5.74) is 1.87. The van der Waals surface area contributed by atoms with Gasteiger partial charge in [-0.05, 0) is 48.7 Å². The smallest absolute Gasteiger partial charge is 0.253 e. The van der Waals surface area contributed by atoms with Gasteiger partial charge in [0, 0.05) is 19.6 Å². The first-order valence-corrected chi connectivity index (χ1v) is 11.3. The molecule has 0 aliphatic carbocycles. The summed E-state index contributed by atoms with van der Waals surface area (Å²) >= 11 is 6.18. The Labute approximate surface area is 179 Å². The van der Waals surface area contributed by atoms with Crippen molar-refractivity contribution >= 4 is 27.5 Å². The monoisotopic (exact) mass is 445 g/mol. The van der Waals surface area contributed by atoms with Gasteiger partial charge in [0.1, 0.15) is 12.7 Å². The highest BCUT2D eigenvalue weighted by atomic mass is 35.5. The van der Waals surface area contributed by atoms with E-state index >= 15 is 0 Å². The van der Waals surface area contributed by atoms with E-state index in [1.54, 1.807) is 11.0 Å². The van der Waals surface area contributed by atoms with Crippen LogP contribution in [0.5, 0.6) is 0 Å². The second kappa shape index (κ2) is 8.55. The summed E-state index contributed by atoms with van der Waals surface area (Å²) in [6, 6.07) is 11.7. The topological polar surface area (TPSA) is 97.2 Å². The van der Waals surface area contributed by atoms with E-state index in [2.05, 4.69) is 15.4 Å². The van der Waals surface area contributed by atoms with Gasteiger partial charge in [0.2, 0.25) is 10.0 Å². The minimum Gasteiger partial charge on any atom is -0.348 e. The molecule has 0 atom stereocenters. The standard InChI is InChI=1S/C20H20ClN5O3S/c21-19-8-7-17(30(28,29)25-9-1-2-10-25)11-18(19)20(27)23-12-15-3-5-16(6-4-15)26-14-22-13-24-26/h3-8,11,13-14H,1-2,9-10,12H2,(H,23,27). The maximum absolute atomic E-state index is 12.8. The van der Waals surface area contributed by atoms with Crippen LogP contribution in [-0.4, -0.2) is 46.5 Å². The Bertz CT molecular complexity index is 1140. The number of carbonyl (C=O) groups excluding carboxylic acids is 1. The third kappa shape index (κ3) is 4.23. The minimum atomic E-state index is -3.62. The summed E-state index contributed by atoms with van der Waals surface area (Å²) in [5.74, 6) is -0.432. The third-order valence-corrected chi connectivity index (χ3v) is 7.18. The minimum absolute atomic E-state index is 0.0798. The quantitative estimate of drug-likeness (QED) is 0.629. The maximum atomic E-state index is 12.8.